The fourth-order valence-corrected chi connectivity index (χ4v) is 2.57. The van der Waals surface area contributed by atoms with Crippen LogP contribution in [0.15, 0.2) is 29.3 Å². The SMILES string of the molecule is Fc1ccc(C2CC(NC3=NCCCN3)C2)cc1.I. The largest absolute Gasteiger partial charge is 0.356 e. The Hall–Kier alpha value is -0.850. The van der Waals surface area contributed by atoms with E-state index in [9.17, 15) is 4.39 Å². The smallest absolute Gasteiger partial charge is 0.191 e. The first-order valence-electron chi connectivity index (χ1n) is 6.61. The highest BCUT2D eigenvalue weighted by atomic mass is 127. The second kappa shape index (κ2) is 6.54. The minimum Gasteiger partial charge on any atom is -0.356 e. The molecule has 0 atom stereocenters. The van der Waals surface area contributed by atoms with Crippen molar-refractivity contribution in [3.63, 3.8) is 0 Å². The maximum Gasteiger partial charge on any atom is 0.191 e. The summed E-state index contributed by atoms with van der Waals surface area (Å²) < 4.78 is 12.8. The van der Waals surface area contributed by atoms with E-state index in [-0.39, 0.29) is 29.8 Å². The van der Waals surface area contributed by atoms with E-state index in [4.69, 9.17) is 0 Å². The molecule has 1 saturated carbocycles. The van der Waals surface area contributed by atoms with Crippen molar-refractivity contribution in [2.24, 2.45) is 4.99 Å². The Kier molecular flexibility index (Phi) is 5.01. The van der Waals surface area contributed by atoms with E-state index in [1.165, 1.54) is 5.56 Å². The van der Waals surface area contributed by atoms with Crippen LogP contribution in [0.2, 0.25) is 0 Å². The first kappa shape index (κ1) is 14.6. The van der Waals surface area contributed by atoms with Crippen LogP contribution < -0.4 is 10.6 Å². The molecule has 104 valence electrons. The van der Waals surface area contributed by atoms with Crippen molar-refractivity contribution < 1.29 is 4.39 Å². The molecule has 0 spiro atoms. The van der Waals surface area contributed by atoms with Crippen molar-refractivity contribution in [3.8, 4) is 0 Å². The third-order valence-electron chi connectivity index (χ3n) is 3.72. The van der Waals surface area contributed by atoms with Gasteiger partial charge in [-0.1, -0.05) is 12.1 Å². The van der Waals surface area contributed by atoms with Crippen LogP contribution in [0.4, 0.5) is 4.39 Å². The summed E-state index contributed by atoms with van der Waals surface area (Å²) in [7, 11) is 0. The van der Waals surface area contributed by atoms with E-state index < -0.39 is 0 Å². The minimum absolute atomic E-state index is 0. The molecule has 0 radical (unpaired) electrons. The van der Waals surface area contributed by atoms with Gasteiger partial charge >= 0.3 is 0 Å². The van der Waals surface area contributed by atoms with E-state index in [1.54, 1.807) is 12.1 Å². The molecule has 3 rings (SSSR count). The van der Waals surface area contributed by atoms with Crippen LogP contribution in [0.1, 0.15) is 30.7 Å². The van der Waals surface area contributed by atoms with Gasteiger partial charge in [-0.2, -0.15) is 0 Å². The zero-order chi connectivity index (χ0) is 12.4. The predicted molar refractivity (Wildman–Crippen MR) is 85.6 cm³/mol. The van der Waals surface area contributed by atoms with Gasteiger partial charge in [0, 0.05) is 19.1 Å². The van der Waals surface area contributed by atoms with Gasteiger partial charge in [0.1, 0.15) is 5.82 Å². The fraction of sp³-hybridized carbons (Fsp3) is 0.500. The van der Waals surface area contributed by atoms with Crippen LogP contribution in [0, 0.1) is 5.82 Å². The van der Waals surface area contributed by atoms with Crippen LogP contribution >= 0.6 is 24.0 Å². The summed E-state index contributed by atoms with van der Waals surface area (Å²) in [6.45, 7) is 1.93. The van der Waals surface area contributed by atoms with Gasteiger partial charge in [-0.25, -0.2) is 4.39 Å². The highest BCUT2D eigenvalue weighted by molar-refractivity contribution is 14.0. The number of nitrogens with one attached hydrogen (secondary N) is 2. The van der Waals surface area contributed by atoms with Crippen molar-refractivity contribution in [1.29, 1.82) is 0 Å². The minimum atomic E-state index is -0.159. The molecule has 19 heavy (non-hydrogen) atoms. The van der Waals surface area contributed by atoms with E-state index in [0.29, 0.717) is 12.0 Å². The standard InChI is InChI=1S/C14H18FN3.HI/c15-12-4-2-10(3-5-12)11-8-13(9-11)18-14-16-6-1-7-17-14;/h2-5,11,13H,1,6-9H2,(H2,16,17,18);1H. The maximum atomic E-state index is 12.8. The van der Waals surface area contributed by atoms with Crippen LogP contribution in [-0.2, 0) is 0 Å². The number of guanidine groups is 1. The molecule has 1 fully saturated rings. The first-order valence-corrected chi connectivity index (χ1v) is 6.61. The second-order valence-corrected chi connectivity index (χ2v) is 5.07. The first-order chi connectivity index (χ1) is 8.81. The third-order valence-corrected chi connectivity index (χ3v) is 3.72. The van der Waals surface area contributed by atoms with Gasteiger partial charge in [-0.15, -0.1) is 24.0 Å². The molecule has 1 aliphatic carbocycles. The Balaban J connectivity index is 0.00000133. The van der Waals surface area contributed by atoms with Crippen LogP contribution in [0.3, 0.4) is 0 Å². The van der Waals surface area contributed by atoms with Crippen molar-refractivity contribution in [3.05, 3.63) is 35.6 Å². The van der Waals surface area contributed by atoms with Gasteiger partial charge in [0.25, 0.3) is 0 Å². The molecule has 2 aliphatic rings. The van der Waals surface area contributed by atoms with E-state index >= 15 is 0 Å². The zero-order valence-electron chi connectivity index (χ0n) is 10.7. The summed E-state index contributed by atoms with van der Waals surface area (Å²) in [4.78, 5) is 4.41. The zero-order valence-corrected chi connectivity index (χ0v) is 13.1. The van der Waals surface area contributed by atoms with Crippen LogP contribution in [0.25, 0.3) is 0 Å². The normalized spacial score (nSPS) is 25.4. The van der Waals surface area contributed by atoms with Gasteiger partial charge in [0.2, 0.25) is 0 Å². The molecule has 0 aromatic heterocycles. The van der Waals surface area contributed by atoms with Gasteiger partial charge in [-0.05, 0) is 42.9 Å². The van der Waals surface area contributed by atoms with Gasteiger partial charge < -0.3 is 10.6 Å². The molecule has 1 aliphatic heterocycles. The molecule has 3 nitrogen and oxygen atoms in total. The lowest BCUT2D eigenvalue weighted by atomic mass is 9.76. The lowest BCUT2D eigenvalue weighted by Gasteiger charge is -2.37. The predicted octanol–water partition coefficient (Wildman–Crippen LogP) is 2.63. The molecule has 0 bridgehead atoms. The third kappa shape index (κ3) is 3.58. The highest BCUT2D eigenvalue weighted by Crippen LogP contribution is 2.36. The summed E-state index contributed by atoms with van der Waals surface area (Å²) in [6.07, 6.45) is 3.33. The monoisotopic (exact) mass is 375 g/mol. The summed E-state index contributed by atoms with van der Waals surface area (Å²) in [6, 6.07) is 7.38. The maximum absolute atomic E-state index is 12.8. The number of hydrogen-bond acceptors (Lipinski definition) is 3. The summed E-state index contributed by atoms with van der Waals surface area (Å²) >= 11 is 0. The fourth-order valence-electron chi connectivity index (χ4n) is 2.57. The molecule has 0 amide bonds. The Morgan fingerprint density at radius 2 is 1.95 bits per heavy atom. The van der Waals surface area contributed by atoms with Gasteiger partial charge in [0.15, 0.2) is 5.96 Å². The highest BCUT2D eigenvalue weighted by Gasteiger charge is 2.30. The van der Waals surface area contributed by atoms with E-state index in [0.717, 1.165) is 38.3 Å². The Labute approximate surface area is 130 Å². The topological polar surface area (TPSA) is 36.4 Å². The number of benzene rings is 1. The Morgan fingerprint density at radius 1 is 1.21 bits per heavy atom. The Morgan fingerprint density at radius 3 is 2.58 bits per heavy atom. The number of hydrogen-bond donors (Lipinski definition) is 2. The van der Waals surface area contributed by atoms with Gasteiger partial charge in [0.05, 0.1) is 0 Å². The van der Waals surface area contributed by atoms with Crippen molar-refractivity contribution in [2.75, 3.05) is 13.1 Å². The van der Waals surface area contributed by atoms with E-state index in [2.05, 4.69) is 15.6 Å². The Bertz CT molecular complexity index is 441. The average molecular weight is 375 g/mol. The summed E-state index contributed by atoms with van der Waals surface area (Å²) in [5.41, 5.74) is 1.24. The summed E-state index contributed by atoms with van der Waals surface area (Å²) in [5, 5.41) is 6.70. The lowest BCUT2D eigenvalue weighted by Crippen LogP contribution is -2.50. The molecule has 0 unspecified atom stereocenters. The number of halogens is 2. The van der Waals surface area contributed by atoms with Crippen molar-refractivity contribution in [2.45, 2.75) is 31.2 Å². The summed E-state index contributed by atoms with van der Waals surface area (Å²) in [5.74, 6) is 1.35. The van der Waals surface area contributed by atoms with Crippen LogP contribution in [-0.4, -0.2) is 25.1 Å². The van der Waals surface area contributed by atoms with Gasteiger partial charge in [-0.3, -0.25) is 4.99 Å². The second-order valence-electron chi connectivity index (χ2n) is 5.07. The molecular formula is C14H19FIN3. The number of rotatable bonds is 2. The molecule has 1 aromatic rings. The molecule has 5 heteroatoms. The molecule has 0 saturated heterocycles. The average Bonchev–Trinajstić information content (AvgIpc) is 2.36. The van der Waals surface area contributed by atoms with Crippen molar-refractivity contribution in [1.82, 2.24) is 10.6 Å². The molecule has 2 N–H and O–H groups in total. The number of nitrogens with zero attached hydrogens (tertiary/aromatic N) is 1. The lowest BCUT2D eigenvalue weighted by molar-refractivity contribution is 0.321. The molecular weight excluding hydrogens is 356 g/mol. The van der Waals surface area contributed by atoms with Crippen molar-refractivity contribution >= 4 is 29.9 Å². The molecule has 1 heterocycles. The van der Waals surface area contributed by atoms with Crippen LogP contribution in [0.5, 0.6) is 0 Å². The quantitative estimate of drug-likeness (QED) is 0.780. The van der Waals surface area contributed by atoms with E-state index in [1.807, 2.05) is 12.1 Å². The molecule has 1 aromatic carbocycles. The number of aliphatic imine (C=N–C) groups is 1.